The van der Waals surface area contributed by atoms with Gasteiger partial charge in [-0.15, -0.1) is 0 Å². The number of benzene rings is 2. The van der Waals surface area contributed by atoms with Crippen LogP contribution in [-0.2, 0) is 0 Å². The Morgan fingerprint density at radius 3 is 2.24 bits per heavy atom. The molecule has 0 radical (unpaired) electrons. The van der Waals surface area contributed by atoms with Crippen LogP contribution < -0.4 is 14.8 Å². The molecule has 0 amide bonds. The Labute approximate surface area is 126 Å². The van der Waals surface area contributed by atoms with Crippen molar-refractivity contribution in [1.82, 2.24) is 5.32 Å². The molecule has 3 heteroatoms. The summed E-state index contributed by atoms with van der Waals surface area (Å²) in [7, 11) is 3.65. The minimum Gasteiger partial charge on any atom is -0.497 e. The summed E-state index contributed by atoms with van der Waals surface area (Å²) in [5, 5.41) is 3.26. The zero-order valence-electron chi connectivity index (χ0n) is 12.7. The highest BCUT2D eigenvalue weighted by atomic mass is 16.5. The van der Waals surface area contributed by atoms with Gasteiger partial charge in [-0.3, -0.25) is 0 Å². The smallest absolute Gasteiger partial charge is 0.119 e. The second kappa shape index (κ2) is 8.32. The monoisotopic (exact) mass is 285 g/mol. The number of methoxy groups -OCH3 is 1. The van der Waals surface area contributed by atoms with Crippen molar-refractivity contribution in [3.8, 4) is 11.5 Å². The van der Waals surface area contributed by atoms with Crippen LogP contribution in [0.3, 0.4) is 0 Å². The summed E-state index contributed by atoms with van der Waals surface area (Å²) in [6.07, 6.45) is 0.983. The van der Waals surface area contributed by atoms with Crippen LogP contribution in [0.5, 0.6) is 11.5 Å². The third-order valence-electron chi connectivity index (χ3n) is 3.52. The first-order valence-electron chi connectivity index (χ1n) is 7.30. The summed E-state index contributed by atoms with van der Waals surface area (Å²) < 4.78 is 11.0. The Morgan fingerprint density at radius 1 is 0.952 bits per heavy atom. The van der Waals surface area contributed by atoms with Crippen LogP contribution in [0.1, 0.15) is 17.9 Å². The Kier molecular flexibility index (Phi) is 6.10. The molecular weight excluding hydrogens is 262 g/mol. The van der Waals surface area contributed by atoms with E-state index in [-0.39, 0.29) is 0 Å². The number of rotatable bonds is 8. The van der Waals surface area contributed by atoms with Gasteiger partial charge < -0.3 is 14.8 Å². The second-order valence-electron chi connectivity index (χ2n) is 4.98. The molecule has 21 heavy (non-hydrogen) atoms. The van der Waals surface area contributed by atoms with Crippen molar-refractivity contribution in [1.29, 1.82) is 0 Å². The predicted octanol–water partition coefficient (Wildman–Crippen LogP) is 3.47. The number of likely N-dealkylation sites (N-methyl/N-ethyl adjacent to an activating group) is 1. The molecule has 1 atom stereocenters. The molecule has 0 fully saturated rings. The molecule has 0 aromatic heterocycles. The summed E-state index contributed by atoms with van der Waals surface area (Å²) in [6.45, 7) is 1.66. The van der Waals surface area contributed by atoms with Crippen LogP contribution >= 0.6 is 0 Å². The fourth-order valence-corrected chi connectivity index (χ4v) is 2.35. The van der Waals surface area contributed by atoms with Gasteiger partial charge in [0.2, 0.25) is 0 Å². The first-order valence-corrected chi connectivity index (χ1v) is 7.30. The zero-order valence-corrected chi connectivity index (χ0v) is 12.7. The molecule has 0 spiro atoms. The lowest BCUT2D eigenvalue weighted by atomic mass is 9.96. The minimum absolute atomic E-state index is 0.467. The number of hydrogen-bond donors (Lipinski definition) is 1. The average Bonchev–Trinajstić information content (AvgIpc) is 2.55. The van der Waals surface area contributed by atoms with Crippen molar-refractivity contribution in [3.63, 3.8) is 0 Å². The number of hydrogen-bond acceptors (Lipinski definition) is 3. The van der Waals surface area contributed by atoms with Gasteiger partial charge in [-0.05, 0) is 49.2 Å². The highest BCUT2D eigenvalue weighted by molar-refractivity contribution is 5.31. The minimum atomic E-state index is 0.467. The molecule has 112 valence electrons. The van der Waals surface area contributed by atoms with Crippen molar-refractivity contribution in [2.75, 3.05) is 27.3 Å². The Balaban J connectivity index is 1.87. The van der Waals surface area contributed by atoms with Crippen molar-refractivity contribution in [2.24, 2.45) is 0 Å². The summed E-state index contributed by atoms with van der Waals surface area (Å²) in [5.74, 6) is 2.20. The van der Waals surface area contributed by atoms with Gasteiger partial charge in [0.15, 0.2) is 0 Å². The van der Waals surface area contributed by atoms with Gasteiger partial charge in [0.25, 0.3) is 0 Å². The van der Waals surface area contributed by atoms with Crippen LogP contribution in [0.2, 0.25) is 0 Å². The maximum Gasteiger partial charge on any atom is 0.119 e. The molecule has 0 bridgehead atoms. The molecule has 2 aromatic rings. The van der Waals surface area contributed by atoms with Gasteiger partial charge in [0.1, 0.15) is 11.5 Å². The average molecular weight is 285 g/mol. The molecule has 0 aliphatic rings. The molecule has 2 aromatic carbocycles. The molecule has 3 nitrogen and oxygen atoms in total. The summed E-state index contributed by atoms with van der Waals surface area (Å²) in [5.41, 5.74) is 1.35. The summed E-state index contributed by atoms with van der Waals surface area (Å²) in [4.78, 5) is 0. The molecule has 1 N–H and O–H groups in total. The van der Waals surface area contributed by atoms with E-state index < -0.39 is 0 Å². The van der Waals surface area contributed by atoms with E-state index in [1.54, 1.807) is 7.11 Å². The van der Waals surface area contributed by atoms with Crippen LogP contribution in [0.25, 0.3) is 0 Å². The molecule has 1 unspecified atom stereocenters. The lowest BCUT2D eigenvalue weighted by Crippen LogP contribution is -2.19. The van der Waals surface area contributed by atoms with E-state index in [9.17, 15) is 0 Å². The van der Waals surface area contributed by atoms with Gasteiger partial charge in [-0.25, -0.2) is 0 Å². The van der Waals surface area contributed by atoms with Gasteiger partial charge in [-0.1, -0.05) is 30.3 Å². The molecule has 0 heterocycles. The van der Waals surface area contributed by atoms with Crippen molar-refractivity contribution < 1.29 is 9.47 Å². The van der Waals surface area contributed by atoms with E-state index in [4.69, 9.17) is 9.47 Å². The maximum atomic E-state index is 5.82. The predicted molar refractivity (Wildman–Crippen MR) is 86.2 cm³/mol. The maximum absolute atomic E-state index is 5.82. The number of nitrogens with one attached hydrogen (secondary N) is 1. The topological polar surface area (TPSA) is 30.5 Å². The number of ether oxygens (including phenoxy) is 2. The van der Waals surface area contributed by atoms with Crippen molar-refractivity contribution in [2.45, 2.75) is 12.3 Å². The summed E-state index contributed by atoms with van der Waals surface area (Å²) in [6, 6.07) is 18.3. The van der Waals surface area contributed by atoms with Crippen LogP contribution in [0, 0.1) is 0 Å². The summed E-state index contributed by atoms with van der Waals surface area (Å²) >= 11 is 0. The standard InChI is InChI=1S/C18H23NO2/c1-19-14-16(15-6-4-3-5-7-15)12-13-21-18-10-8-17(20-2)9-11-18/h3-11,16,19H,12-14H2,1-2H3. The van der Waals surface area contributed by atoms with Gasteiger partial charge in [-0.2, -0.15) is 0 Å². The highest BCUT2D eigenvalue weighted by Crippen LogP contribution is 2.21. The third-order valence-corrected chi connectivity index (χ3v) is 3.52. The molecular formula is C18H23NO2. The zero-order chi connectivity index (χ0) is 14.9. The first-order chi connectivity index (χ1) is 10.3. The van der Waals surface area contributed by atoms with E-state index in [0.717, 1.165) is 24.5 Å². The van der Waals surface area contributed by atoms with E-state index in [1.165, 1.54) is 5.56 Å². The lowest BCUT2D eigenvalue weighted by molar-refractivity contribution is 0.295. The fraction of sp³-hybridized carbons (Fsp3) is 0.333. The fourth-order valence-electron chi connectivity index (χ4n) is 2.35. The van der Waals surface area contributed by atoms with Gasteiger partial charge in [0.05, 0.1) is 13.7 Å². The molecule has 2 rings (SSSR count). The highest BCUT2D eigenvalue weighted by Gasteiger charge is 2.10. The van der Waals surface area contributed by atoms with E-state index >= 15 is 0 Å². The van der Waals surface area contributed by atoms with Crippen LogP contribution in [0.4, 0.5) is 0 Å². The Bertz CT molecular complexity index is 511. The van der Waals surface area contributed by atoms with Crippen LogP contribution in [-0.4, -0.2) is 27.3 Å². The van der Waals surface area contributed by atoms with Crippen molar-refractivity contribution >= 4 is 0 Å². The van der Waals surface area contributed by atoms with E-state index in [2.05, 4.69) is 29.6 Å². The second-order valence-corrected chi connectivity index (χ2v) is 4.98. The van der Waals surface area contributed by atoms with Gasteiger partial charge in [0, 0.05) is 6.54 Å². The molecule has 0 aliphatic carbocycles. The SMILES string of the molecule is CNCC(CCOc1ccc(OC)cc1)c1ccccc1. The first kappa shape index (κ1) is 15.4. The van der Waals surface area contributed by atoms with E-state index in [0.29, 0.717) is 12.5 Å². The van der Waals surface area contributed by atoms with Crippen LogP contribution in [0.15, 0.2) is 54.6 Å². The third kappa shape index (κ3) is 4.80. The quantitative estimate of drug-likeness (QED) is 0.805. The Hall–Kier alpha value is -2.00. The molecule has 0 saturated carbocycles. The lowest BCUT2D eigenvalue weighted by Gasteiger charge is -2.17. The Morgan fingerprint density at radius 2 is 1.62 bits per heavy atom. The van der Waals surface area contributed by atoms with Gasteiger partial charge >= 0.3 is 0 Å². The molecule has 0 aliphatic heterocycles. The normalized spacial score (nSPS) is 11.9. The molecule has 0 saturated heterocycles. The van der Waals surface area contributed by atoms with Crippen molar-refractivity contribution in [3.05, 3.63) is 60.2 Å². The largest absolute Gasteiger partial charge is 0.497 e. The van der Waals surface area contributed by atoms with E-state index in [1.807, 2.05) is 37.4 Å².